The molecule has 0 saturated carbocycles. The van der Waals surface area contributed by atoms with Gasteiger partial charge in [-0.15, -0.1) is 0 Å². The first-order valence-corrected chi connectivity index (χ1v) is 9.13. The van der Waals surface area contributed by atoms with Crippen molar-refractivity contribution < 1.29 is 19.1 Å². The number of primary amides is 1. The van der Waals surface area contributed by atoms with Gasteiger partial charge >= 0.3 is 0 Å². The van der Waals surface area contributed by atoms with Gasteiger partial charge in [-0.3, -0.25) is 14.5 Å². The lowest BCUT2D eigenvalue weighted by atomic mass is 9.94. The lowest BCUT2D eigenvalue weighted by Gasteiger charge is -2.31. The van der Waals surface area contributed by atoms with E-state index in [1.165, 1.54) is 0 Å². The van der Waals surface area contributed by atoms with E-state index in [1.54, 1.807) is 7.11 Å². The van der Waals surface area contributed by atoms with E-state index in [0.29, 0.717) is 19.7 Å². The summed E-state index contributed by atoms with van der Waals surface area (Å²) in [4.78, 5) is 25.5. The van der Waals surface area contributed by atoms with Crippen molar-refractivity contribution in [1.29, 1.82) is 0 Å². The molecule has 1 saturated heterocycles. The van der Waals surface area contributed by atoms with Crippen molar-refractivity contribution in [1.82, 2.24) is 10.2 Å². The molecule has 2 aliphatic rings. The second kappa shape index (κ2) is 8.40. The molecule has 7 heteroatoms. The van der Waals surface area contributed by atoms with Crippen molar-refractivity contribution in [3.05, 3.63) is 23.8 Å². The first-order valence-electron chi connectivity index (χ1n) is 9.13. The number of hydrogen-bond donors (Lipinski definition) is 2. The highest BCUT2D eigenvalue weighted by molar-refractivity contribution is 5.79. The number of hydrogen-bond acceptors (Lipinski definition) is 5. The van der Waals surface area contributed by atoms with Crippen molar-refractivity contribution in [2.75, 3.05) is 39.9 Å². The number of methoxy groups -OCH3 is 1. The summed E-state index contributed by atoms with van der Waals surface area (Å²) in [6, 6.07) is 5.85. The first-order chi connectivity index (χ1) is 12.5. The lowest BCUT2D eigenvalue weighted by molar-refractivity contribution is -0.128. The van der Waals surface area contributed by atoms with E-state index in [2.05, 4.69) is 5.32 Å². The van der Waals surface area contributed by atoms with Crippen LogP contribution in [-0.4, -0.2) is 56.6 Å². The number of carbonyl (C=O) groups excluding carboxylic acids is 2. The first kappa shape index (κ1) is 18.5. The Kier molecular flexibility index (Phi) is 5.98. The summed E-state index contributed by atoms with van der Waals surface area (Å²) in [5.74, 6) is 1.53. The lowest BCUT2D eigenvalue weighted by Crippen LogP contribution is -2.46. The average molecular weight is 361 g/mol. The van der Waals surface area contributed by atoms with E-state index >= 15 is 0 Å². The normalized spacial score (nSPS) is 22.8. The maximum absolute atomic E-state index is 12.5. The topological polar surface area (TPSA) is 93.9 Å². The number of nitrogens with two attached hydrogens (primary N) is 1. The number of nitrogens with zero attached hydrogens (tertiary/aromatic N) is 1. The van der Waals surface area contributed by atoms with Gasteiger partial charge in [0, 0.05) is 25.1 Å². The predicted octanol–water partition coefficient (Wildman–Crippen LogP) is 0.560. The third kappa shape index (κ3) is 4.66. The fourth-order valence-electron chi connectivity index (χ4n) is 3.70. The number of benzene rings is 1. The molecule has 0 aliphatic carbocycles. The molecule has 1 fully saturated rings. The summed E-state index contributed by atoms with van der Waals surface area (Å²) in [7, 11) is 1.64. The molecule has 0 bridgehead atoms. The van der Waals surface area contributed by atoms with Gasteiger partial charge in [0.1, 0.15) is 11.5 Å². The molecule has 0 spiro atoms. The Morgan fingerprint density at radius 1 is 1.42 bits per heavy atom. The van der Waals surface area contributed by atoms with E-state index in [4.69, 9.17) is 15.2 Å². The minimum Gasteiger partial charge on any atom is -0.497 e. The number of piperidine rings is 1. The quantitative estimate of drug-likeness (QED) is 0.772. The van der Waals surface area contributed by atoms with Crippen LogP contribution in [0, 0.1) is 11.8 Å². The van der Waals surface area contributed by atoms with Crippen LogP contribution in [0.1, 0.15) is 18.4 Å². The number of fused-ring (bicyclic) bond motifs is 1. The van der Waals surface area contributed by atoms with Crippen LogP contribution in [0.4, 0.5) is 0 Å². The summed E-state index contributed by atoms with van der Waals surface area (Å²) >= 11 is 0. The van der Waals surface area contributed by atoms with Crippen LogP contribution in [0.3, 0.4) is 0 Å². The van der Waals surface area contributed by atoms with E-state index in [9.17, 15) is 9.59 Å². The second-order valence-electron chi connectivity index (χ2n) is 7.14. The predicted molar refractivity (Wildman–Crippen MR) is 97.1 cm³/mol. The molecule has 0 radical (unpaired) electrons. The minimum absolute atomic E-state index is 0.0553. The molecule has 26 heavy (non-hydrogen) atoms. The highest BCUT2D eigenvalue weighted by atomic mass is 16.5. The van der Waals surface area contributed by atoms with Gasteiger partial charge in [0.2, 0.25) is 11.8 Å². The summed E-state index contributed by atoms with van der Waals surface area (Å²) in [5, 5.41) is 3.06. The number of carbonyl (C=O) groups is 2. The molecular formula is C19H27N3O4. The monoisotopic (exact) mass is 361 g/mol. The third-order valence-electron chi connectivity index (χ3n) is 5.08. The SMILES string of the molecule is COc1ccc2c(c1)OCC(CNC(=O)C1CCCN(CC(N)=O)C1)C2. The molecule has 2 atom stereocenters. The van der Waals surface area contributed by atoms with E-state index in [1.807, 2.05) is 23.1 Å². The highest BCUT2D eigenvalue weighted by Gasteiger charge is 2.27. The molecule has 142 valence electrons. The smallest absolute Gasteiger partial charge is 0.231 e. The Hall–Kier alpha value is -2.28. The van der Waals surface area contributed by atoms with Crippen molar-refractivity contribution in [2.45, 2.75) is 19.3 Å². The van der Waals surface area contributed by atoms with E-state index < -0.39 is 0 Å². The van der Waals surface area contributed by atoms with Gasteiger partial charge in [-0.1, -0.05) is 6.07 Å². The van der Waals surface area contributed by atoms with Crippen molar-refractivity contribution >= 4 is 11.8 Å². The molecule has 2 unspecified atom stereocenters. The Bertz CT molecular complexity index is 664. The number of ether oxygens (including phenoxy) is 2. The molecular weight excluding hydrogens is 334 g/mol. The van der Waals surface area contributed by atoms with Gasteiger partial charge in [0.15, 0.2) is 0 Å². The number of likely N-dealkylation sites (tertiary alicyclic amines) is 1. The standard InChI is InChI=1S/C19H27N3O4/c1-25-16-5-4-14-7-13(12-26-17(14)8-16)9-21-19(24)15-3-2-6-22(10-15)11-18(20)23/h4-5,8,13,15H,2-3,6-7,9-12H2,1H3,(H2,20,23)(H,21,24). The van der Waals surface area contributed by atoms with Gasteiger partial charge in [0.25, 0.3) is 0 Å². The molecule has 2 amide bonds. The maximum atomic E-state index is 12.5. The summed E-state index contributed by atoms with van der Waals surface area (Å²) in [6.45, 7) is 2.82. The van der Waals surface area contributed by atoms with Gasteiger partial charge in [-0.2, -0.15) is 0 Å². The van der Waals surface area contributed by atoms with Crippen LogP contribution in [0.5, 0.6) is 11.5 Å². The van der Waals surface area contributed by atoms with E-state index in [0.717, 1.165) is 42.9 Å². The Labute approximate surface area is 153 Å². The Balaban J connectivity index is 1.48. The van der Waals surface area contributed by atoms with Crippen molar-refractivity contribution in [3.8, 4) is 11.5 Å². The zero-order valence-corrected chi connectivity index (χ0v) is 15.2. The van der Waals surface area contributed by atoms with Crippen molar-refractivity contribution in [2.24, 2.45) is 17.6 Å². The largest absolute Gasteiger partial charge is 0.497 e. The highest BCUT2D eigenvalue weighted by Crippen LogP contribution is 2.30. The average Bonchev–Trinajstić information content (AvgIpc) is 2.65. The zero-order chi connectivity index (χ0) is 18.5. The van der Waals surface area contributed by atoms with Crippen LogP contribution in [0.25, 0.3) is 0 Å². The molecule has 1 aromatic carbocycles. The molecule has 0 aromatic heterocycles. The van der Waals surface area contributed by atoms with Gasteiger partial charge < -0.3 is 20.5 Å². The van der Waals surface area contributed by atoms with E-state index in [-0.39, 0.29) is 30.2 Å². The third-order valence-corrected chi connectivity index (χ3v) is 5.08. The molecule has 2 aliphatic heterocycles. The molecule has 1 aromatic rings. The number of amides is 2. The van der Waals surface area contributed by atoms with Gasteiger partial charge in [-0.25, -0.2) is 0 Å². The second-order valence-corrected chi connectivity index (χ2v) is 7.14. The molecule has 3 rings (SSSR count). The summed E-state index contributed by atoms with van der Waals surface area (Å²) in [6.07, 6.45) is 2.63. The molecule has 2 heterocycles. The number of nitrogens with one attached hydrogen (secondary N) is 1. The zero-order valence-electron chi connectivity index (χ0n) is 15.2. The fraction of sp³-hybridized carbons (Fsp3) is 0.579. The van der Waals surface area contributed by atoms with Gasteiger partial charge in [-0.05, 0) is 37.4 Å². The Morgan fingerprint density at radius 3 is 3.04 bits per heavy atom. The minimum atomic E-state index is -0.347. The number of rotatable bonds is 6. The van der Waals surface area contributed by atoms with Crippen LogP contribution in [0.2, 0.25) is 0 Å². The fourth-order valence-corrected chi connectivity index (χ4v) is 3.70. The van der Waals surface area contributed by atoms with Crippen molar-refractivity contribution in [3.63, 3.8) is 0 Å². The van der Waals surface area contributed by atoms with Crippen LogP contribution in [0.15, 0.2) is 18.2 Å². The van der Waals surface area contributed by atoms with Crippen LogP contribution >= 0.6 is 0 Å². The van der Waals surface area contributed by atoms with Crippen LogP contribution in [-0.2, 0) is 16.0 Å². The maximum Gasteiger partial charge on any atom is 0.231 e. The summed E-state index contributed by atoms with van der Waals surface area (Å²) in [5.41, 5.74) is 6.40. The Morgan fingerprint density at radius 2 is 2.27 bits per heavy atom. The molecule has 3 N–H and O–H groups in total. The summed E-state index contributed by atoms with van der Waals surface area (Å²) < 4.78 is 11.0. The molecule has 7 nitrogen and oxygen atoms in total. The van der Waals surface area contributed by atoms with Crippen LogP contribution < -0.4 is 20.5 Å². The van der Waals surface area contributed by atoms with Gasteiger partial charge in [0.05, 0.1) is 26.2 Å².